The van der Waals surface area contributed by atoms with Crippen molar-refractivity contribution in [2.24, 2.45) is 0 Å². The molecule has 1 N–H and O–H groups in total. The zero-order chi connectivity index (χ0) is 25.9. The van der Waals surface area contributed by atoms with Crippen molar-refractivity contribution in [1.82, 2.24) is 19.5 Å². The van der Waals surface area contributed by atoms with E-state index in [-0.39, 0.29) is 29.7 Å². The van der Waals surface area contributed by atoms with Crippen LogP contribution in [0.3, 0.4) is 0 Å². The van der Waals surface area contributed by atoms with Crippen molar-refractivity contribution in [2.45, 2.75) is 19.0 Å². The Balaban J connectivity index is 1.61. The summed E-state index contributed by atoms with van der Waals surface area (Å²) in [6.07, 6.45) is -8.79. The van der Waals surface area contributed by atoms with Gasteiger partial charge in [0.1, 0.15) is 17.5 Å². The lowest BCUT2D eigenvalue weighted by molar-refractivity contribution is -0.143. The monoisotopic (exact) mass is 514 g/mol. The molecule has 0 saturated carbocycles. The highest BCUT2D eigenvalue weighted by molar-refractivity contribution is 5.65. The maximum atomic E-state index is 13.3. The summed E-state index contributed by atoms with van der Waals surface area (Å²) < 4.78 is 91.7. The Morgan fingerprint density at radius 3 is 2.31 bits per heavy atom. The average molecular weight is 514 g/mol. The molecular formula is C22H20F6N6O2. The molecule has 2 aromatic heterocycles. The fourth-order valence-electron chi connectivity index (χ4n) is 3.63. The molecule has 3 heterocycles. The molecule has 0 unspecified atom stereocenters. The van der Waals surface area contributed by atoms with Gasteiger partial charge < -0.3 is 14.8 Å². The van der Waals surface area contributed by atoms with Gasteiger partial charge in [-0.2, -0.15) is 41.2 Å². The first kappa shape index (κ1) is 25.7. The minimum atomic E-state index is -5.00. The summed E-state index contributed by atoms with van der Waals surface area (Å²) in [7, 11) is 0. The van der Waals surface area contributed by atoms with Crippen LogP contribution < -0.4 is 5.32 Å². The summed E-state index contributed by atoms with van der Waals surface area (Å²) >= 11 is 0. The van der Waals surface area contributed by atoms with Gasteiger partial charge in [-0.1, -0.05) is 0 Å². The van der Waals surface area contributed by atoms with E-state index in [2.05, 4.69) is 20.3 Å². The number of fused-ring (bicyclic) bond motifs is 1. The molecule has 14 heteroatoms. The number of nitrogens with zero attached hydrogens (tertiary/aromatic N) is 5. The Bertz CT molecular complexity index is 1230. The Labute approximate surface area is 201 Å². The van der Waals surface area contributed by atoms with Gasteiger partial charge in [-0.05, 0) is 18.2 Å². The molecular weight excluding hydrogens is 494 g/mol. The lowest BCUT2D eigenvalue weighted by Gasteiger charge is -2.26. The third kappa shape index (κ3) is 6.04. The van der Waals surface area contributed by atoms with E-state index in [0.717, 1.165) is 17.6 Å². The first-order valence-corrected chi connectivity index (χ1v) is 10.8. The van der Waals surface area contributed by atoms with Gasteiger partial charge >= 0.3 is 12.4 Å². The van der Waals surface area contributed by atoms with Crippen LogP contribution in [0.15, 0.2) is 30.5 Å². The molecule has 1 aromatic carbocycles. The smallest absolute Gasteiger partial charge is 0.379 e. The van der Waals surface area contributed by atoms with E-state index in [1.54, 1.807) is 0 Å². The van der Waals surface area contributed by atoms with Gasteiger partial charge in [0.15, 0.2) is 5.65 Å². The number of nitrogens with one attached hydrogen (secondary N) is 1. The Hall–Kier alpha value is -3.41. The van der Waals surface area contributed by atoms with Crippen LogP contribution in [0, 0.1) is 11.3 Å². The van der Waals surface area contributed by atoms with Crippen LogP contribution in [0.25, 0.3) is 5.65 Å². The number of morpholine rings is 1. The van der Waals surface area contributed by atoms with Crippen molar-refractivity contribution in [3.05, 3.63) is 52.8 Å². The van der Waals surface area contributed by atoms with Crippen molar-refractivity contribution in [1.29, 1.82) is 5.26 Å². The van der Waals surface area contributed by atoms with Crippen molar-refractivity contribution in [3.8, 4) is 6.07 Å². The second-order valence-electron chi connectivity index (χ2n) is 7.96. The lowest BCUT2D eigenvalue weighted by Crippen LogP contribution is -2.38. The summed E-state index contributed by atoms with van der Waals surface area (Å²) in [5.74, 6) is 0.0146. The van der Waals surface area contributed by atoms with Gasteiger partial charge in [0.2, 0.25) is 0 Å². The van der Waals surface area contributed by atoms with Crippen molar-refractivity contribution < 1.29 is 35.8 Å². The molecule has 0 aliphatic carbocycles. The first-order valence-electron chi connectivity index (χ1n) is 10.8. The third-order valence-corrected chi connectivity index (χ3v) is 5.41. The molecule has 36 heavy (non-hydrogen) atoms. The standard InChI is InChI=1S/C22H20F6N6O2/c23-21(24,25)15-7-16(22(26,27)28)9-17(8-15)31-19-10-18(32-20-14(11-29)12-30-34(19)20)13-36-6-3-33-1-4-35-5-2-33/h7-10,12,31H,1-6,13H2. The van der Waals surface area contributed by atoms with Crippen LogP contribution in [0.5, 0.6) is 0 Å². The van der Waals surface area contributed by atoms with Crippen molar-refractivity contribution in [3.63, 3.8) is 0 Å². The van der Waals surface area contributed by atoms with E-state index >= 15 is 0 Å². The Morgan fingerprint density at radius 1 is 1.03 bits per heavy atom. The molecule has 1 aliphatic heterocycles. The van der Waals surface area contributed by atoms with Gasteiger partial charge in [-0.3, -0.25) is 4.90 Å². The second-order valence-corrected chi connectivity index (χ2v) is 7.96. The van der Waals surface area contributed by atoms with Gasteiger partial charge in [-0.15, -0.1) is 0 Å². The zero-order valence-electron chi connectivity index (χ0n) is 18.7. The number of nitriles is 1. The van der Waals surface area contributed by atoms with Gasteiger partial charge in [0, 0.05) is 31.4 Å². The van der Waals surface area contributed by atoms with E-state index in [1.807, 2.05) is 6.07 Å². The molecule has 1 fully saturated rings. The summed E-state index contributed by atoms with van der Waals surface area (Å²) in [5, 5.41) is 15.9. The molecule has 3 aromatic rings. The van der Waals surface area contributed by atoms with Crippen LogP contribution in [0.2, 0.25) is 0 Å². The third-order valence-electron chi connectivity index (χ3n) is 5.41. The number of aromatic nitrogens is 3. The Morgan fingerprint density at radius 2 is 1.69 bits per heavy atom. The highest BCUT2D eigenvalue weighted by Crippen LogP contribution is 2.38. The van der Waals surface area contributed by atoms with Crippen LogP contribution in [0.1, 0.15) is 22.4 Å². The number of hydrogen-bond donors (Lipinski definition) is 1. The van der Waals surface area contributed by atoms with Crippen LogP contribution in [0.4, 0.5) is 37.8 Å². The van der Waals surface area contributed by atoms with E-state index in [1.165, 1.54) is 12.3 Å². The topological polar surface area (TPSA) is 87.7 Å². The first-order chi connectivity index (χ1) is 17.0. The molecule has 0 spiro atoms. The van der Waals surface area contributed by atoms with Crippen LogP contribution in [-0.2, 0) is 28.4 Å². The number of hydrogen-bond acceptors (Lipinski definition) is 7. The van der Waals surface area contributed by atoms with Gasteiger partial charge in [0.25, 0.3) is 0 Å². The average Bonchev–Trinajstić information content (AvgIpc) is 3.24. The van der Waals surface area contributed by atoms with E-state index in [4.69, 9.17) is 9.47 Å². The predicted molar refractivity (Wildman–Crippen MR) is 114 cm³/mol. The van der Waals surface area contributed by atoms with Crippen LogP contribution in [-0.4, -0.2) is 59.0 Å². The van der Waals surface area contributed by atoms with Crippen LogP contribution >= 0.6 is 0 Å². The fourth-order valence-corrected chi connectivity index (χ4v) is 3.63. The second kappa shape index (κ2) is 10.3. The highest BCUT2D eigenvalue weighted by Gasteiger charge is 2.37. The largest absolute Gasteiger partial charge is 0.416 e. The molecule has 192 valence electrons. The van der Waals surface area contributed by atoms with E-state index in [0.29, 0.717) is 44.2 Å². The number of benzene rings is 1. The lowest BCUT2D eigenvalue weighted by atomic mass is 10.1. The molecule has 1 saturated heterocycles. The quantitative estimate of drug-likeness (QED) is 0.373. The number of alkyl halides is 6. The molecule has 0 radical (unpaired) electrons. The maximum Gasteiger partial charge on any atom is 0.416 e. The fraction of sp³-hybridized carbons (Fsp3) is 0.409. The number of halogens is 6. The predicted octanol–water partition coefficient (Wildman–Crippen LogP) is 4.23. The molecule has 1 aliphatic rings. The molecule has 4 rings (SSSR count). The molecule has 0 atom stereocenters. The minimum Gasteiger partial charge on any atom is -0.379 e. The zero-order valence-corrected chi connectivity index (χ0v) is 18.7. The number of rotatable bonds is 7. The molecule has 8 nitrogen and oxygen atoms in total. The molecule has 0 bridgehead atoms. The van der Waals surface area contributed by atoms with Gasteiger partial charge in [-0.25, -0.2) is 4.98 Å². The summed E-state index contributed by atoms with van der Waals surface area (Å²) in [6, 6.07) is 4.47. The normalized spacial score (nSPS) is 15.2. The number of anilines is 2. The summed E-state index contributed by atoms with van der Waals surface area (Å²) in [6.45, 7) is 3.84. The van der Waals surface area contributed by atoms with Gasteiger partial charge in [0.05, 0.1) is 49.4 Å². The molecule has 0 amide bonds. The SMILES string of the molecule is N#Cc1cnn2c(Nc3cc(C(F)(F)F)cc(C(F)(F)F)c3)cc(COCCN3CCOCC3)nc12. The number of ether oxygens (including phenoxy) is 2. The van der Waals surface area contributed by atoms with Crippen molar-refractivity contribution in [2.75, 3.05) is 44.8 Å². The summed E-state index contributed by atoms with van der Waals surface area (Å²) in [5.41, 5.74) is -2.92. The minimum absolute atomic E-state index is 0.00194. The maximum absolute atomic E-state index is 13.3. The highest BCUT2D eigenvalue weighted by atomic mass is 19.4. The summed E-state index contributed by atoms with van der Waals surface area (Å²) in [4.78, 5) is 6.48. The van der Waals surface area contributed by atoms with E-state index < -0.39 is 29.2 Å². The Kier molecular flexibility index (Phi) is 7.34. The van der Waals surface area contributed by atoms with Crippen molar-refractivity contribution >= 4 is 17.2 Å². The van der Waals surface area contributed by atoms with E-state index in [9.17, 15) is 31.6 Å².